The van der Waals surface area contributed by atoms with E-state index < -0.39 is 29.0 Å². The molecule has 1 aromatic heterocycles. The average Bonchev–Trinajstić information content (AvgIpc) is 3.07. The lowest BCUT2D eigenvalue weighted by Crippen LogP contribution is -2.27. The molecule has 1 amide bonds. The number of aliphatic hydroxyl groups is 1. The number of anilines is 3. The summed E-state index contributed by atoms with van der Waals surface area (Å²) >= 11 is 0. The molecule has 4 rings (SSSR count). The number of fused-ring (bicyclic) bond motifs is 1. The topological polar surface area (TPSA) is 96.4 Å². The standard InChI is InChI=1S/C26H27F3N4O3/c1-24(2,3)36-23(34)33-21-10-16(26(27,28)29)8-9-17(21)20-11-22(31-14-30-20)32-19-7-5-6-15-12-25(4,35)13-18(15)19/h5-11,14,35H,12-13H2,1-4H3,(H,33,34)(H,30,31,32). The van der Waals surface area contributed by atoms with Gasteiger partial charge >= 0.3 is 12.3 Å². The maximum atomic E-state index is 13.4. The van der Waals surface area contributed by atoms with E-state index in [-0.39, 0.29) is 11.3 Å². The molecule has 0 fully saturated rings. The number of benzene rings is 2. The molecule has 1 atom stereocenters. The first-order valence-corrected chi connectivity index (χ1v) is 11.3. The number of ether oxygens (including phenoxy) is 1. The molecule has 1 heterocycles. The highest BCUT2D eigenvalue weighted by Gasteiger charge is 2.33. The van der Waals surface area contributed by atoms with Crippen molar-refractivity contribution in [3.63, 3.8) is 0 Å². The van der Waals surface area contributed by atoms with Crippen LogP contribution >= 0.6 is 0 Å². The van der Waals surface area contributed by atoms with Gasteiger partial charge in [0.15, 0.2) is 0 Å². The molecule has 0 bridgehead atoms. The first-order chi connectivity index (χ1) is 16.7. The number of hydrogen-bond donors (Lipinski definition) is 3. The van der Waals surface area contributed by atoms with Crippen molar-refractivity contribution >= 4 is 23.3 Å². The van der Waals surface area contributed by atoms with E-state index in [0.29, 0.717) is 24.4 Å². The number of aromatic nitrogens is 2. The van der Waals surface area contributed by atoms with E-state index in [1.165, 1.54) is 12.4 Å². The first kappa shape index (κ1) is 25.4. The van der Waals surface area contributed by atoms with Crippen LogP contribution in [0.15, 0.2) is 48.8 Å². The van der Waals surface area contributed by atoms with E-state index >= 15 is 0 Å². The molecule has 190 valence electrons. The number of nitrogens with zero attached hydrogens (tertiary/aromatic N) is 2. The molecule has 0 saturated heterocycles. The average molecular weight is 501 g/mol. The van der Waals surface area contributed by atoms with Crippen LogP contribution < -0.4 is 10.6 Å². The summed E-state index contributed by atoms with van der Waals surface area (Å²) in [6.45, 7) is 6.74. The Labute approximate surface area is 206 Å². The molecule has 1 unspecified atom stereocenters. The molecular weight excluding hydrogens is 473 g/mol. The molecule has 0 aliphatic heterocycles. The summed E-state index contributed by atoms with van der Waals surface area (Å²) < 4.78 is 45.4. The number of rotatable bonds is 4. The summed E-state index contributed by atoms with van der Waals surface area (Å²) in [4.78, 5) is 20.8. The number of hydrogen-bond acceptors (Lipinski definition) is 6. The third-order valence-corrected chi connectivity index (χ3v) is 5.59. The second-order valence-electron chi connectivity index (χ2n) is 10.1. The van der Waals surface area contributed by atoms with Crippen LogP contribution in [0.3, 0.4) is 0 Å². The van der Waals surface area contributed by atoms with Crippen molar-refractivity contribution < 1.29 is 27.8 Å². The maximum Gasteiger partial charge on any atom is 0.416 e. The predicted octanol–water partition coefficient (Wildman–Crippen LogP) is 6.10. The van der Waals surface area contributed by atoms with E-state index in [9.17, 15) is 23.1 Å². The monoisotopic (exact) mass is 500 g/mol. The maximum absolute atomic E-state index is 13.4. The molecule has 0 spiro atoms. The quantitative estimate of drug-likeness (QED) is 0.401. The highest BCUT2D eigenvalue weighted by Crippen LogP contribution is 2.38. The van der Waals surface area contributed by atoms with E-state index in [4.69, 9.17) is 4.74 Å². The molecule has 7 nitrogen and oxygen atoms in total. The van der Waals surface area contributed by atoms with Gasteiger partial charge in [-0.15, -0.1) is 0 Å². The Bertz CT molecular complexity index is 1300. The molecule has 36 heavy (non-hydrogen) atoms. The molecule has 0 radical (unpaired) electrons. The number of alkyl halides is 3. The van der Waals surface area contributed by atoms with Crippen molar-refractivity contribution in [3.05, 3.63) is 65.5 Å². The molecule has 2 aromatic carbocycles. The van der Waals surface area contributed by atoms with Gasteiger partial charge in [-0.25, -0.2) is 14.8 Å². The van der Waals surface area contributed by atoms with Crippen molar-refractivity contribution in [1.82, 2.24) is 9.97 Å². The van der Waals surface area contributed by atoms with E-state index in [1.807, 2.05) is 18.2 Å². The lowest BCUT2D eigenvalue weighted by molar-refractivity contribution is -0.137. The van der Waals surface area contributed by atoms with Gasteiger partial charge in [-0.3, -0.25) is 5.32 Å². The van der Waals surface area contributed by atoms with Crippen molar-refractivity contribution in [2.24, 2.45) is 0 Å². The van der Waals surface area contributed by atoms with Gasteiger partial charge in [-0.05, 0) is 57.0 Å². The number of carbonyl (C=O) groups is 1. The minimum absolute atomic E-state index is 0.0969. The zero-order valence-electron chi connectivity index (χ0n) is 20.3. The van der Waals surface area contributed by atoms with Crippen molar-refractivity contribution in [2.45, 2.75) is 57.9 Å². The lowest BCUT2D eigenvalue weighted by Gasteiger charge is -2.21. The smallest absolute Gasteiger partial charge is 0.416 e. The number of carbonyl (C=O) groups excluding carboxylic acids is 1. The van der Waals surface area contributed by atoms with Crippen LogP contribution in [0.25, 0.3) is 11.3 Å². The molecular formula is C26H27F3N4O3. The minimum Gasteiger partial charge on any atom is -0.444 e. The molecule has 10 heteroatoms. The predicted molar refractivity (Wildman–Crippen MR) is 130 cm³/mol. The lowest BCUT2D eigenvalue weighted by atomic mass is 10.0. The summed E-state index contributed by atoms with van der Waals surface area (Å²) in [7, 11) is 0. The largest absolute Gasteiger partial charge is 0.444 e. The third kappa shape index (κ3) is 5.93. The second-order valence-corrected chi connectivity index (χ2v) is 10.1. The highest BCUT2D eigenvalue weighted by atomic mass is 19.4. The summed E-state index contributed by atoms with van der Waals surface area (Å²) in [5, 5.41) is 16.1. The van der Waals surface area contributed by atoms with Gasteiger partial charge < -0.3 is 15.2 Å². The van der Waals surface area contributed by atoms with E-state index in [0.717, 1.165) is 28.9 Å². The summed E-state index contributed by atoms with van der Waals surface area (Å²) in [6, 6.07) is 10.3. The van der Waals surface area contributed by atoms with Crippen LogP contribution in [0, 0.1) is 0 Å². The van der Waals surface area contributed by atoms with Gasteiger partial charge in [0.05, 0.1) is 22.5 Å². The van der Waals surface area contributed by atoms with Crippen LogP contribution in [-0.2, 0) is 23.8 Å². The fraction of sp³-hybridized carbons (Fsp3) is 0.346. The van der Waals surface area contributed by atoms with Crippen LogP contribution in [0.4, 0.5) is 35.2 Å². The molecule has 1 aliphatic rings. The molecule has 1 aliphatic carbocycles. The zero-order chi connectivity index (χ0) is 26.3. The molecule has 0 saturated carbocycles. The Balaban J connectivity index is 1.68. The SMILES string of the molecule is CC1(O)Cc2cccc(Nc3cc(-c4ccc(C(F)(F)F)cc4NC(=O)OC(C)(C)C)ncn3)c2C1. The van der Waals surface area contributed by atoms with Crippen molar-refractivity contribution in [2.75, 3.05) is 10.6 Å². The van der Waals surface area contributed by atoms with Crippen molar-refractivity contribution in [3.8, 4) is 11.3 Å². The fourth-order valence-corrected chi connectivity index (χ4v) is 4.15. The summed E-state index contributed by atoms with van der Waals surface area (Å²) in [5.74, 6) is 0.406. The molecule has 3 N–H and O–H groups in total. The minimum atomic E-state index is -4.60. The van der Waals surface area contributed by atoms with Crippen LogP contribution in [-0.4, -0.2) is 32.4 Å². The summed E-state index contributed by atoms with van der Waals surface area (Å²) in [5.41, 5.74) is 0.659. The Morgan fingerprint density at radius 3 is 2.50 bits per heavy atom. The van der Waals surface area contributed by atoms with Gasteiger partial charge in [0, 0.05) is 30.2 Å². The first-order valence-electron chi connectivity index (χ1n) is 11.3. The van der Waals surface area contributed by atoms with E-state index in [1.54, 1.807) is 33.8 Å². The van der Waals surface area contributed by atoms with Gasteiger partial charge in [0.1, 0.15) is 17.7 Å². The normalized spacial score (nSPS) is 17.4. The van der Waals surface area contributed by atoms with E-state index in [2.05, 4.69) is 20.6 Å². The highest BCUT2D eigenvalue weighted by molar-refractivity contribution is 5.91. The number of amides is 1. The fourth-order valence-electron chi connectivity index (χ4n) is 4.15. The van der Waals surface area contributed by atoms with Crippen LogP contribution in [0.5, 0.6) is 0 Å². The van der Waals surface area contributed by atoms with Gasteiger partial charge in [-0.1, -0.05) is 18.2 Å². The van der Waals surface area contributed by atoms with Gasteiger partial charge in [-0.2, -0.15) is 13.2 Å². The van der Waals surface area contributed by atoms with Crippen molar-refractivity contribution in [1.29, 1.82) is 0 Å². The van der Waals surface area contributed by atoms with Gasteiger partial charge in [0.2, 0.25) is 0 Å². The zero-order valence-corrected chi connectivity index (χ0v) is 20.3. The Morgan fingerprint density at radius 2 is 1.81 bits per heavy atom. The molecule has 3 aromatic rings. The Morgan fingerprint density at radius 1 is 1.06 bits per heavy atom. The number of nitrogens with one attached hydrogen (secondary N) is 2. The summed E-state index contributed by atoms with van der Waals surface area (Å²) in [6.07, 6.45) is -3.19. The van der Waals surface area contributed by atoms with Crippen LogP contribution in [0.2, 0.25) is 0 Å². The Kier molecular flexibility index (Phi) is 6.42. The van der Waals surface area contributed by atoms with Crippen LogP contribution in [0.1, 0.15) is 44.4 Å². The van der Waals surface area contributed by atoms with Gasteiger partial charge in [0.25, 0.3) is 0 Å². The number of halogens is 3. The Hall–Kier alpha value is -3.66. The third-order valence-electron chi connectivity index (χ3n) is 5.59. The second kappa shape index (κ2) is 9.09.